The Balaban J connectivity index is 1.21. The topological polar surface area (TPSA) is 167 Å². The van der Waals surface area contributed by atoms with Gasteiger partial charge in [-0.2, -0.15) is 9.82 Å². The van der Waals surface area contributed by atoms with Crippen LogP contribution in [-0.2, 0) is 21.4 Å². The molecule has 3 aromatic carbocycles. The van der Waals surface area contributed by atoms with E-state index in [1.54, 1.807) is 35.1 Å². The van der Waals surface area contributed by atoms with Crippen molar-refractivity contribution in [1.82, 2.24) is 30.5 Å². The highest BCUT2D eigenvalue weighted by Crippen LogP contribution is 2.21. The molecule has 4 aromatic rings. The van der Waals surface area contributed by atoms with Gasteiger partial charge in [-0.05, 0) is 41.8 Å². The molecule has 0 saturated carbocycles. The van der Waals surface area contributed by atoms with Crippen molar-refractivity contribution >= 4 is 38.8 Å². The van der Waals surface area contributed by atoms with Gasteiger partial charge in [0.25, 0.3) is 5.91 Å². The maximum atomic E-state index is 13.1. The Bertz CT molecular complexity index is 1700. The molecule has 218 valence electrons. The van der Waals surface area contributed by atoms with Crippen molar-refractivity contribution in [1.29, 1.82) is 0 Å². The molecular formula is C29H31N7O5S. The fourth-order valence-electron chi connectivity index (χ4n) is 4.61. The highest BCUT2D eigenvalue weighted by Gasteiger charge is 2.26. The van der Waals surface area contributed by atoms with Gasteiger partial charge in [-0.15, -0.1) is 0 Å². The molecule has 42 heavy (non-hydrogen) atoms. The fraction of sp³-hybridized carbons (Fsp3) is 0.241. The van der Waals surface area contributed by atoms with E-state index in [4.69, 9.17) is 0 Å². The average Bonchev–Trinajstić information content (AvgIpc) is 3.68. The number of guanidine groups is 1. The van der Waals surface area contributed by atoms with E-state index >= 15 is 0 Å². The van der Waals surface area contributed by atoms with E-state index < -0.39 is 34.5 Å². The number of carbonyl (C=O) groups excluding carboxylic acids is 1. The molecule has 1 aliphatic rings. The number of benzene rings is 3. The summed E-state index contributed by atoms with van der Waals surface area (Å²) in [4.78, 5) is 29.2. The number of aromatic nitrogens is 2. The smallest absolute Gasteiger partial charge is 0.323 e. The Morgan fingerprint density at radius 1 is 1.00 bits per heavy atom. The lowest BCUT2D eigenvalue weighted by atomic mass is 10.1. The van der Waals surface area contributed by atoms with Gasteiger partial charge in [0.1, 0.15) is 6.04 Å². The van der Waals surface area contributed by atoms with E-state index in [9.17, 15) is 23.1 Å². The van der Waals surface area contributed by atoms with Gasteiger partial charge in [0.05, 0.1) is 28.7 Å². The first-order chi connectivity index (χ1) is 20.3. The van der Waals surface area contributed by atoms with Gasteiger partial charge < -0.3 is 21.1 Å². The van der Waals surface area contributed by atoms with Crippen molar-refractivity contribution in [3.8, 4) is 11.1 Å². The predicted molar refractivity (Wildman–Crippen MR) is 159 cm³/mol. The maximum Gasteiger partial charge on any atom is 0.323 e. The Morgan fingerprint density at radius 3 is 2.48 bits per heavy atom. The van der Waals surface area contributed by atoms with Crippen LogP contribution in [0.3, 0.4) is 0 Å². The monoisotopic (exact) mass is 589 g/mol. The van der Waals surface area contributed by atoms with E-state index in [-0.39, 0.29) is 4.90 Å². The van der Waals surface area contributed by atoms with E-state index in [0.29, 0.717) is 24.0 Å². The highest BCUT2D eigenvalue weighted by atomic mass is 32.2. The normalized spacial score (nSPS) is 13.8. The summed E-state index contributed by atoms with van der Waals surface area (Å²) in [6.45, 7) is 2.46. The Kier molecular flexibility index (Phi) is 8.79. The number of rotatable bonds is 12. The van der Waals surface area contributed by atoms with Gasteiger partial charge in [0, 0.05) is 31.6 Å². The molecule has 12 nitrogen and oxygen atoms in total. The third-order valence-corrected chi connectivity index (χ3v) is 8.27. The van der Waals surface area contributed by atoms with Crippen molar-refractivity contribution in [3.05, 3.63) is 84.6 Å². The van der Waals surface area contributed by atoms with Gasteiger partial charge in [0.2, 0.25) is 10.0 Å². The summed E-state index contributed by atoms with van der Waals surface area (Å²) in [7, 11) is -4.18. The highest BCUT2D eigenvalue weighted by molar-refractivity contribution is 7.89. The lowest BCUT2D eigenvalue weighted by Gasteiger charge is -2.16. The van der Waals surface area contributed by atoms with Gasteiger partial charge in [-0.1, -0.05) is 48.5 Å². The van der Waals surface area contributed by atoms with Crippen LogP contribution in [0.2, 0.25) is 0 Å². The second-order valence-corrected chi connectivity index (χ2v) is 11.4. The number of carbonyl (C=O) groups is 2. The van der Waals surface area contributed by atoms with E-state index in [1.807, 2.05) is 36.4 Å². The molecule has 2 heterocycles. The van der Waals surface area contributed by atoms with Gasteiger partial charge in [0.15, 0.2) is 5.96 Å². The van der Waals surface area contributed by atoms with Crippen LogP contribution in [0.5, 0.6) is 0 Å². The molecule has 1 aliphatic heterocycles. The molecule has 0 fully saturated rings. The van der Waals surface area contributed by atoms with Crippen LogP contribution in [0.4, 0.5) is 0 Å². The van der Waals surface area contributed by atoms with Crippen LogP contribution in [0.1, 0.15) is 16.8 Å². The van der Waals surface area contributed by atoms with Crippen LogP contribution < -0.4 is 20.7 Å². The van der Waals surface area contributed by atoms with Crippen molar-refractivity contribution in [2.75, 3.05) is 26.2 Å². The number of nitrogens with zero attached hydrogens (tertiary/aromatic N) is 3. The number of carboxylic acid groups (broad SMARTS) is 1. The number of fused-ring (bicyclic) bond motifs is 1. The number of hydrogen-bond donors (Lipinski definition) is 5. The van der Waals surface area contributed by atoms with Crippen molar-refractivity contribution in [2.45, 2.75) is 23.9 Å². The minimum Gasteiger partial charge on any atom is -0.480 e. The van der Waals surface area contributed by atoms with Crippen LogP contribution in [0.25, 0.3) is 22.0 Å². The number of hydrogen-bond acceptors (Lipinski definition) is 8. The maximum absolute atomic E-state index is 13.1. The predicted octanol–water partition coefficient (Wildman–Crippen LogP) is 1.80. The molecule has 13 heteroatoms. The minimum absolute atomic E-state index is 0.0837. The number of amides is 1. The lowest BCUT2D eigenvalue weighted by Crippen LogP contribution is -2.48. The largest absolute Gasteiger partial charge is 0.480 e. The molecule has 1 unspecified atom stereocenters. The second-order valence-electron chi connectivity index (χ2n) is 9.66. The molecule has 0 spiro atoms. The van der Waals surface area contributed by atoms with Crippen molar-refractivity contribution in [2.24, 2.45) is 4.99 Å². The summed E-state index contributed by atoms with van der Waals surface area (Å²) in [6.07, 6.45) is 2.38. The molecule has 0 saturated heterocycles. The first-order valence-corrected chi connectivity index (χ1v) is 15.0. The SMILES string of the molecule is O=C(NCC(NS(=O)(=O)c1ccc(-c2ccccc2)cc1)C(=O)O)c1cccc2c1cnn2CCCNC1=NCCN1. The molecule has 1 aromatic heterocycles. The van der Waals surface area contributed by atoms with Crippen LogP contribution in [0.15, 0.2) is 88.9 Å². The molecule has 0 bridgehead atoms. The summed E-state index contributed by atoms with van der Waals surface area (Å²) in [5, 5.41) is 23.7. The van der Waals surface area contributed by atoms with E-state index in [0.717, 1.165) is 42.1 Å². The zero-order valence-electron chi connectivity index (χ0n) is 22.7. The zero-order chi connectivity index (χ0) is 29.5. The lowest BCUT2D eigenvalue weighted by molar-refractivity contribution is -0.138. The Labute approximate surface area is 242 Å². The standard InChI is InChI=1S/C29H31N7O5S/c37-27(23-8-4-9-26-24(23)18-34-36(26)17-5-14-30-29-31-15-16-32-29)33-19-25(28(38)39)35-42(40,41)22-12-10-21(11-13-22)20-6-2-1-3-7-20/h1-4,6-13,18,25,35H,5,14-17,19H2,(H,33,37)(H,38,39)(H2,30,31,32). The molecule has 1 atom stereocenters. The third-order valence-electron chi connectivity index (χ3n) is 6.78. The summed E-state index contributed by atoms with van der Waals surface area (Å²) in [6, 6.07) is 19.2. The summed E-state index contributed by atoms with van der Waals surface area (Å²) >= 11 is 0. The Morgan fingerprint density at radius 2 is 1.76 bits per heavy atom. The fourth-order valence-corrected chi connectivity index (χ4v) is 5.80. The quantitative estimate of drug-likeness (QED) is 0.156. The number of aliphatic carboxylic acids is 1. The second kappa shape index (κ2) is 12.8. The first kappa shape index (κ1) is 28.8. The van der Waals surface area contributed by atoms with Gasteiger partial charge in [-0.3, -0.25) is 19.3 Å². The van der Waals surface area contributed by atoms with Crippen molar-refractivity contribution < 1.29 is 23.1 Å². The summed E-state index contributed by atoms with van der Waals surface area (Å²) in [5.74, 6) is -1.16. The molecular weight excluding hydrogens is 558 g/mol. The van der Waals surface area contributed by atoms with Crippen LogP contribution >= 0.6 is 0 Å². The Hall–Kier alpha value is -4.75. The number of aliphatic imine (C=N–C) groups is 1. The zero-order valence-corrected chi connectivity index (χ0v) is 23.5. The molecule has 5 rings (SSSR count). The summed E-state index contributed by atoms with van der Waals surface area (Å²) < 4.78 is 29.9. The van der Waals surface area contributed by atoms with E-state index in [1.165, 1.54) is 12.1 Å². The number of sulfonamides is 1. The van der Waals surface area contributed by atoms with Gasteiger partial charge >= 0.3 is 5.97 Å². The third kappa shape index (κ3) is 6.75. The average molecular weight is 590 g/mol. The molecule has 0 radical (unpaired) electrons. The molecule has 5 N–H and O–H groups in total. The number of carboxylic acids is 1. The van der Waals surface area contributed by atoms with Crippen molar-refractivity contribution in [3.63, 3.8) is 0 Å². The van der Waals surface area contributed by atoms with Gasteiger partial charge in [-0.25, -0.2) is 8.42 Å². The van der Waals surface area contributed by atoms with Crippen LogP contribution in [0, 0.1) is 0 Å². The molecule has 0 aliphatic carbocycles. The van der Waals surface area contributed by atoms with Crippen LogP contribution in [-0.4, -0.2) is 73.4 Å². The molecule has 1 amide bonds. The first-order valence-electron chi connectivity index (χ1n) is 13.5. The summed E-state index contributed by atoms with van der Waals surface area (Å²) in [5.41, 5.74) is 2.81. The number of aryl methyl sites for hydroxylation is 1. The number of nitrogens with one attached hydrogen (secondary N) is 4. The minimum atomic E-state index is -4.18. The van der Waals surface area contributed by atoms with E-state index in [2.05, 4.69) is 30.8 Å².